The minimum atomic E-state index is -0.544. The summed E-state index contributed by atoms with van der Waals surface area (Å²) in [5.74, 6) is 0.336. The molecular formula is C18H25N5O2S. The van der Waals surface area contributed by atoms with Gasteiger partial charge < -0.3 is 16.0 Å². The van der Waals surface area contributed by atoms with Crippen LogP contribution in [-0.4, -0.2) is 27.8 Å². The van der Waals surface area contributed by atoms with Crippen LogP contribution < -0.4 is 27.2 Å². The first kappa shape index (κ1) is 19.7. The van der Waals surface area contributed by atoms with Crippen LogP contribution in [0.3, 0.4) is 0 Å². The van der Waals surface area contributed by atoms with Crippen LogP contribution in [0.4, 0.5) is 11.5 Å². The van der Waals surface area contributed by atoms with Gasteiger partial charge in [0.05, 0.1) is 6.54 Å². The van der Waals surface area contributed by atoms with Crippen molar-refractivity contribution in [1.29, 1.82) is 0 Å². The molecule has 0 fully saturated rings. The minimum Gasteiger partial charge on any atom is -0.383 e. The molecular weight excluding hydrogens is 350 g/mol. The van der Waals surface area contributed by atoms with Crippen LogP contribution in [-0.2, 0) is 6.54 Å². The van der Waals surface area contributed by atoms with E-state index in [1.54, 1.807) is 4.90 Å². The molecule has 0 aliphatic heterocycles. The van der Waals surface area contributed by atoms with Crippen molar-refractivity contribution in [2.24, 2.45) is 5.92 Å². The molecule has 0 saturated carbocycles. The van der Waals surface area contributed by atoms with Gasteiger partial charge in [-0.05, 0) is 30.6 Å². The van der Waals surface area contributed by atoms with Crippen molar-refractivity contribution in [3.8, 4) is 0 Å². The lowest BCUT2D eigenvalue weighted by Crippen LogP contribution is -2.46. The number of aromatic amines is 1. The lowest BCUT2D eigenvalue weighted by molar-refractivity contribution is 0.648. The predicted molar refractivity (Wildman–Crippen MR) is 110 cm³/mol. The molecule has 0 unspecified atom stereocenters. The van der Waals surface area contributed by atoms with Gasteiger partial charge in [0, 0.05) is 13.1 Å². The van der Waals surface area contributed by atoms with Crippen LogP contribution in [0.25, 0.3) is 0 Å². The maximum Gasteiger partial charge on any atom is 0.330 e. The highest BCUT2D eigenvalue weighted by molar-refractivity contribution is 7.80. The summed E-state index contributed by atoms with van der Waals surface area (Å²) in [5.41, 5.74) is 6.27. The Balaban J connectivity index is 2.56. The second-order valence-electron chi connectivity index (χ2n) is 6.40. The van der Waals surface area contributed by atoms with Gasteiger partial charge in [0.1, 0.15) is 5.82 Å². The molecule has 0 radical (unpaired) electrons. The minimum absolute atomic E-state index is 0.100. The summed E-state index contributed by atoms with van der Waals surface area (Å²) in [5, 5.41) is 3.46. The molecule has 2 rings (SSSR count). The monoisotopic (exact) mass is 375 g/mol. The summed E-state index contributed by atoms with van der Waals surface area (Å²) in [4.78, 5) is 28.9. The van der Waals surface area contributed by atoms with Gasteiger partial charge in [-0.1, -0.05) is 44.2 Å². The van der Waals surface area contributed by atoms with Gasteiger partial charge in [0.25, 0.3) is 5.56 Å². The third-order valence-corrected chi connectivity index (χ3v) is 4.15. The van der Waals surface area contributed by atoms with Gasteiger partial charge in [0.15, 0.2) is 10.8 Å². The normalized spacial score (nSPS) is 10.8. The van der Waals surface area contributed by atoms with Crippen molar-refractivity contribution in [2.45, 2.75) is 27.3 Å². The van der Waals surface area contributed by atoms with E-state index in [2.05, 4.69) is 10.3 Å². The number of hydrogen-bond acceptors (Lipinski definition) is 4. The Morgan fingerprint density at radius 1 is 1.31 bits per heavy atom. The molecule has 0 aliphatic rings. The highest BCUT2D eigenvalue weighted by Crippen LogP contribution is 2.19. The van der Waals surface area contributed by atoms with Crippen LogP contribution in [0, 0.1) is 5.92 Å². The highest BCUT2D eigenvalue weighted by Gasteiger charge is 2.22. The van der Waals surface area contributed by atoms with Crippen molar-refractivity contribution in [1.82, 2.24) is 14.9 Å². The molecule has 4 N–H and O–H groups in total. The zero-order chi connectivity index (χ0) is 19.3. The molecule has 0 spiro atoms. The number of nitrogens with one attached hydrogen (secondary N) is 2. The zero-order valence-corrected chi connectivity index (χ0v) is 16.1. The average Bonchev–Trinajstić information content (AvgIpc) is 2.58. The Kier molecular flexibility index (Phi) is 6.57. The molecule has 0 amide bonds. The SMILES string of the molecule is CCNC(=S)N(CC(C)C)c1c(N)n(Cc2ccccc2)c(=O)[nH]c1=O. The second-order valence-corrected chi connectivity index (χ2v) is 6.79. The Morgan fingerprint density at radius 2 is 1.96 bits per heavy atom. The van der Waals surface area contributed by atoms with Gasteiger partial charge in [-0.25, -0.2) is 4.79 Å². The number of rotatable bonds is 6. The Hall–Kier alpha value is -2.61. The third-order valence-electron chi connectivity index (χ3n) is 3.79. The summed E-state index contributed by atoms with van der Waals surface area (Å²) in [7, 11) is 0. The number of nitrogens with two attached hydrogens (primary N) is 1. The maximum absolute atomic E-state index is 12.5. The van der Waals surface area contributed by atoms with Crippen LogP contribution in [0.1, 0.15) is 26.3 Å². The lowest BCUT2D eigenvalue weighted by Gasteiger charge is -2.28. The largest absolute Gasteiger partial charge is 0.383 e. The molecule has 1 aromatic heterocycles. The molecule has 0 bridgehead atoms. The molecule has 2 aromatic rings. The summed E-state index contributed by atoms with van der Waals surface area (Å²) in [6, 6.07) is 9.45. The smallest absolute Gasteiger partial charge is 0.330 e. The quantitative estimate of drug-likeness (QED) is 0.663. The van der Waals surface area contributed by atoms with Crippen LogP contribution in [0.15, 0.2) is 39.9 Å². The Labute approximate surface area is 157 Å². The Bertz CT molecular complexity index is 873. The number of thiocarbonyl (C=S) groups is 1. The van der Waals surface area contributed by atoms with Gasteiger partial charge in [-0.15, -0.1) is 0 Å². The van der Waals surface area contributed by atoms with Crippen molar-refractivity contribution >= 4 is 28.8 Å². The number of hydrogen-bond donors (Lipinski definition) is 3. The van der Waals surface area contributed by atoms with Crippen LogP contribution in [0.2, 0.25) is 0 Å². The highest BCUT2D eigenvalue weighted by atomic mass is 32.1. The van der Waals surface area contributed by atoms with E-state index < -0.39 is 11.2 Å². The first-order valence-electron chi connectivity index (χ1n) is 8.57. The van der Waals surface area contributed by atoms with Crippen molar-refractivity contribution in [3.63, 3.8) is 0 Å². The number of nitrogens with zero attached hydrogens (tertiary/aromatic N) is 2. The van der Waals surface area contributed by atoms with Crippen LogP contribution in [0.5, 0.6) is 0 Å². The van der Waals surface area contributed by atoms with Gasteiger partial charge in [-0.3, -0.25) is 14.3 Å². The number of anilines is 2. The van der Waals surface area contributed by atoms with E-state index in [9.17, 15) is 9.59 Å². The summed E-state index contributed by atoms with van der Waals surface area (Å²) in [6.45, 7) is 7.35. The van der Waals surface area contributed by atoms with E-state index in [0.29, 0.717) is 18.2 Å². The fourth-order valence-corrected chi connectivity index (χ4v) is 2.96. The fraction of sp³-hybridized carbons (Fsp3) is 0.389. The molecule has 0 atom stereocenters. The average molecular weight is 375 g/mol. The van der Waals surface area contributed by atoms with Crippen molar-refractivity contribution in [2.75, 3.05) is 23.7 Å². The number of aromatic nitrogens is 2. The van der Waals surface area contributed by atoms with E-state index >= 15 is 0 Å². The zero-order valence-electron chi connectivity index (χ0n) is 15.3. The lowest BCUT2D eigenvalue weighted by atomic mass is 10.2. The maximum atomic E-state index is 12.5. The van der Waals surface area contributed by atoms with E-state index in [-0.39, 0.29) is 24.0 Å². The number of H-pyrrole nitrogens is 1. The molecule has 26 heavy (non-hydrogen) atoms. The van der Waals surface area contributed by atoms with Gasteiger partial charge in [0.2, 0.25) is 0 Å². The first-order valence-corrected chi connectivity index (χ1v) is 8.97. The molecule has 1 heterocycles. The molecule has 7 nitrogen and oxygen atoms in total. The van der Waals surface area contributed by atoms with Crippen molar-refractivity contribution in [3.05, 3.63) is 56.7 Å². The number of benzene rings is 1. The number of nitrogen functional groups attached to an aromatic ring is 1. The first-order chi connectivity index (χ1) is 12.3. The summed E-state index contributed by atoms with van der Waals surface area (Å²) < 4.78 is 1.36. The molecule has 0 aliphatic carbocycles. The fourth-order valence-electron chi connectivity index (χ4n) is 2.65. The predicted octanol–water partition coefficient (Wildman–Crippen LogP) is 1.52. The molecule has 140 valence electrons. The van der Waals surface area contributed by atoms with E-state index in [4.69, 9.17) is 18.0 Å². The standard InChI is InChI=1S/C18H25N5O2S/c1-4-20-18(26)22(10-12(2)3)14-15(19)23(17(25)21-16(14)24)11-13-8-6-5-7-9-13/h5-9,12H,4,10-11,19H2,1-3H3,(H,20,26)(H,21,24,25). The molecule has 0 saturated heterocycles. The summed E-state index contributed by atoms with van der Waals surface area (Å²) in [6.07, 6.45) is 0. The molecule has 1 aromatic carbocycles. The van der Waals surface area contributed by atoms with E-state index in [1.807, 2.05) is 51.1 Å². The summed E-state index contributed by atoms with van der Waals surface area (Å²) >= 11 is 5.42. The second kappa shape index (κ2) is 8.66. The van der Waals surface area contributed by atoms with E-state index in [0.717, 1.165) is 5.56 Å². The van der Waals surface area contributed by atoms with Crippen LogP contribution >= 0.6 is 12.2 Å². The Morgan fingerprint density at radius 3 is 2.54 bits per heavy atom. The topological polar surface area (TPSA) is 96.2 Å². The molecule has 8 heteroatoms. The van der Waals surface area contributed by atoms with Gasteiger partial charge in [-0.2, -0.15) is 0 Å². The van der Waals surface area contributed by atoms with Crippen molar-refractivity contribution < 1.29 is 0 Å². The van der Waals surface area contributed by atoms with Gasteiger partial charge >= 0.3 is 5.69 Å². The van der Waals surface area contributed by atoms with E-state index in [1.165, 1.54) is 4.57 Å². The third kappa shape index (κ3) is 4.51.